The average molecular weight is 554 g/mol. The van der Waals surface area contributed by atoms with Crippen molar-refractivity contribution < 1.29 is 47.6 Å². The molecule has 1 aromatic rings. The molecule has 11 heteroatoms. The minimum absolute atomic E-state index is 0.0234. The third kappa shape index (κ3) is 13.9. The Hall–Kier alpha value is -3.34. The number of hydrogen-bond acceptors (Lipinski definition) is 11. The molecule has 2 N–H and O–H groups in total. The molecule has 39 heavy (non-hydrogen) atoms. The molecule has 220 valence electrons. The van der Waals surface area contributed by atoms with Crippen LogP contribution in [0, 0.1) is 5.92 Å². The first-order chi connectivity index (χ1) is 18.5. The van der Waals surface area contributed by atoms with Gasteiger partial charge in [-0.3, -0.25) is 9.59 Å². The molecule has 0 saturated carbocycles. The Morgan fingerprint density at radius 1 is 0.795 bits per heavy atom. The number of unbranched alkanes of at least 4 members (excludes halogenated alkanes) is 2. The van der Waals surface area contributed by atoms with Gasteiger partial charge in [0.2, 0.25) is 0 Å². The van der Waals surface area contributed by atoms with E-state index in [2.05, 4.69) is 0 Å². The Morgan fingerprint density at radius 2 is 1.33 bits per heavy atom. The average Bonchev–Trinajstić information content (AvgIpc) is 2.85. The molecule has 0 saturated heterocycles. The standard InChI is InChI=1S/C28H43NO10/c1-7-9-13-34-27(32)38-23-12-11-21(17-24(23)39-28(33)35-14-10-8-2)16-22(29)26(31)37-20(6)19(5)36-25(30)15-18(3)4/h11-12,17-20,22H,7-10,13-16,29H2,1-6H3/t19?,20-,22-/m0/s1. The van der Waals surface area contributed by atoms with Crippen LogP contribution >= 0.6 is 0 Å². The van der Waals surface area contributed by atoms with Gasteiger partial charge in [-0.2, -0.15) is 0 Å². The minimum Gasteiger partial charge on any atom is -0.459 e. The zero-order valence-electron chi connectivity index (χ0n) is 23.9. The molecule has 0 amide bonds. The first-order valence-electron chi connectivity index (χ1n) is 13.4. The molecule has 0 aliphatic heterocycles. The summed E-state index contributed by atoms with van der Waals surface area (Å²) in [5, 5.41) is 0. The second-order valence-electron chi connectivity index (χ2n) is 9.63. The van der Waals surface area contributed by atoms with Gasteiger partial charge in [-0.25, -0.2) is 9.59 Å². The molecule has 0 spiro atoms. The third-order valence-corrected chi connectivity index (χ3v) is 5.44. The van der Waals surface area contributed by atoms with Crippen molar-refractivity contribution in [3.8, 4) is 11.5 Å². The van der Waals surface area contributed by atoms with Crippen LogP contribution in [0.3, 0.4) is 0 Å². The summed E-state index contributed by atoms with van der Waals surface area (Å²) in [4.78, 5) is 48.7. The van der Waals surface area contributed by atoms with Crippen molar-refractivity contribution in [2.24, 2.45) is 11.7 Å². The smallest absolute Gasteiger partial charge is 0.459 e. The number of hydrogen-bond donors (Lipinski definition) is 1. The van der Waals surface area contributed by atoms with Crippen LogP contribution < -0.4 is 15.2 Å². The zero-order chi connectivity index (χ0) is 29.4. The van der Waals surface area contributed by atoms with Gasteiger partial charge >= 0.3 is 24.2 Å². The molecule has 0 aromatic heterocycles. The normalized spacial score (nSPS) is 13.1. The maximum Gasteiger partial charge on any atom is 0.513 e. The molecule has 0 radical (unpaired) electrons. The van der Waals surface area contributed by atoms with E-state index in [1.165, 1.54) is 12.1 Å². The van der Waals surface area contributed by atoms with Crippen molar-refractivity contribution in [1.82, 2.24) is 0 Å². The molecule has 0 heterocycles. The van der Waals surface area contributed by atoms with Crippen molar-refractivity contribution in [2.45, 2.75) is 98.3 Å². The molecular weight excluding hydrogens is 510 g/mol. The quantitative estimate of drug-likeness (QED) is 0.126. The summed E-state index contributed by atoms with van der Waals surface area (Å²) in [6.45, 7) is 11.3. The van der Waals surface area contributed by atoms with Gasteiger partial charge in [0.15, 0.2) is 11.5 Å². The lowest BCUT2D eigenvalue weighted by atomic mass is 10.1. The van der Waals surface area contributed by atoms with E-state index in [-0.39, 0.29) is 49.4 Å². The third-order valence-electron chi connectivity index (χ3n) is 5.44. The van der Waals surface area contributed by atoms with Crippen LogP contribution in [-0.2, 0) is 35.0 Å². The number of nitrogens with two attached hydrogens (primary N) is 1. The zero-order valence-corrected chi connectivity index (χ0v) is 23.9. The summed E-state index contributed by atoms with van der Waals surface area (Å²) in [6.07, 6.45) is -0.00465. The molecule has 1 unspecified atom stereocenters. The summed E-state index contributed by atoms with van der Waals surface area (Å²) >= 11 is 0. The second kappa shape index (κ2) is 18.0. The molecule has 1 rings (SSSR count). The molecule has 0 aliphatic carbocycles. The lowest BCUT2D eigenvalue weighted by molar-refractivity contribution is -0.166. The van der Waals surface area contributed by atoms with Crippen LogP contribution in [-0.4, -0.2) is 55.7 Å². The molecule has 0 bridgehead atoms. The summed E-state index contributed by atoms with van der Waals surface area (Å²) in [6, 6.07) is 3.32. The summed E-state index contributed by atoms with van der Waals surface area (Å²) in [5.41, 5.74) is 6.57. The first-order valence-corrected chi connectivity index (χ1v) is 13.4. The number of benzene rings is 1. The predicted octanol–water partition coefficient (Wildman–Crippen LogP) is 5.10. The Bertz CT molecular complexity index is 933. The number of ether oxygens (including phenoxy) is 6. The fourth-order valence-electron chi connectivity index (χ4n) is 3.07. The van der Waals surface area contributed by atoms with Crippen molar-refractivity contribution in [2.75, 3.05) is 13.2 Å². The van der Waals surface area contributed by atoms with Gasteiger partial charge in [0.25, 0.3) is 0 Å². The largest absolute Gasteiger partial charge is 0.513 e. The van der Waals surface area contributed by atoms with E-state index in [1.54, 1.807) is 19.9 Å². The van der Waals surface area contributed by atoms with Crippen molar-refractivity contribution in [1.29, 1.82) is 0 Å². The highest BCUT2D eigenvalue weighted by molar-refractivity contribution is 5.76. The van der Waals surface area contributed by atoms with Crippen LogP contribution in [0.15, 0.2) is 18.2 Å². The highest BCUT2D eigenvalue weighted by atomic mass is 16.7. The van der Waals surface area contributed by atoms with Crippen LogP contribution in [0.4, 0.5) is 9.59 Å². The Kier molecular flexibility index (Phi) is 15.6. The maximum atomic E-state index is 12.6. The molecule has 11 nitrogen and oxygen atoms in total. The van der Waals surface area contributed by atoms with E-state index in [0.717, 1.165) is 12.8 Å². The van der Waals surface area contributed by atoms with Crippen LogP contribution in [0.1, 0.15) is 79.2 Å². The van der Waals surface area contributed by atoms with Crippen LogP contribution in [0.5, 0.6) is 11.5 Å². The Balaban J connectivity index is 2.88. The first kappa shape index (κ1) is 33.7. The number of rotatable bonds is 16. The summed E-state index contributed by atoms with van der Waals surface area (Å²) in [5.74, 6) is -1.08. The second-order valence-corrected chi connectivity index (χ2v) is 9.63. The van der Waals surface area contributed by atoms with E-state index in [1.807, 2.05) is 27.7 Å². The molecule has 0 fully saturated rings. The number of esters is 2. The minimum atomic E-state index is -1.07. The van der Waals surface area contributed by atoms with Crippen LogP contribution in [0.2, 0.25) is 0 Å². The van der Waals surface area contributed by atoms with Gasteiger partial charge in [-0.15, -0.1) is 0 Å². The van der Waals surface area contributed by atoms with E-state index in [4.69, 9.17) is 34.2 Å². The molecule has 0 aliphatic rings. The van der Waals surface area contributed by atoms with Crippen molar-refractivity contribution in [3.63, 3.8) is 0 Å². The van der Waals surface area contributed by atoms with E-state index in [0.29, 0.717) is 18.4 Å². The fourth-order valence-corrected chi connectivity index (χ4v) is 3.07. The van der Waals surface area contributed by atoms with Gasteiger partial charge < -0.3 is 34.2 Å². The van der Waals surface area contributed by atoms with E-state index < -0.39 is 36.5 Å². The van der Waals surface area contributed by atoms with Crippen molar-refractivity contribution in [3.05, 3.63) is 23.8 Å². The van der Waals surface area contributed by atoms with Gasteiger partial charge in [0.1, 0.15) is 18.2 Å². The summed E-state index contributed by atoms with van der Waals surface area (Å²) < 4.78 is 31.2. The molecule has 3 atom stereocenters. The topological polar surface area (TPSA) is 150 Å². The van der Waals surface area contributed by atoms with Crippen molar-refractivity contribution >= 4 is 24.2 Å². The highest BCUT2D eigenvalue weighted by Crippen LogP contribution is 2.30. The van der Waals surface area contributed by atoms with E-state index in [9.17, 15) is 19.2 Å². The Labute approximate surface area is 230 Å². The van der Waals surface area contributed by atoms with Gasteiger partial charge in [0, 0.05) is 6.42 Å². The lowest BCUT2D eigenvalue weighted by Gasteiger charge is -2.23. The maximum absolute atomic E-state index is 12.6. The van der Waals surface area contributed by atoms with Gasteiger partial charge in [-0.1, -0.05) is 46.6 Å². The lowest BCUT2D eigenvalue weighted by Crippen LogP contribution is -2.39. The number of carbonyl (C=O) groups is 4. The fraction of sp³-hybridized carbons (Fsp3) is 0.643. The van der Waals surface area contributed by atoms with Gasteiger partial charge in [0.05, 0.1) is 13.2 Å². The summed E-state index contributed by atoms with van der Waals surface area (Å²) in [7, 11) is 0. The molecular formula is C28H43NO10. The predicted molar refractivity (Wildman–Crippen MR) is 142 cm³/mol. The Morgan fingerprint density at radius 3 is 1.87 bits per heavy atom. The van der Waals surface area contributed by atoms with Gasteiger partial charge in [-0.05, 0) is 56.7 Å². The molecule has 1 aromatic carbocycles. The van der Waals surface area contributed by atoms with E-state index >= 15 is 0 Å². The number of carbonyl (C=O) groups excluding carboxylic acids is 4. The SMILES string of the molecule is CCCCOC(=O)Oc1ccc(C[C@H](N)C(=O)O[C@@H](C)C(C)OC(=O)CC(C)C)cc1OC(=O)OCCCC. The van der Waals surface area contributed by atoms with Crippen LogP contribution in [0.25, 0.3) is 0 Å². The highest BCUT2D eigenvalue weighted by Gasteiger charge is 2.25. The monoisotopic (exact) mass is 553 g/mol.